The number of hydrogen-bond donors (Lipinski definition) is 2. The molecule has 0 aliphatic rings. The third kappa shape index (κ3) is 4.51. The van der Waals surface area contributed by atoms with Crippen LogP contribution in [0.4, 0.5) is 11.5 Å². The second-order valence-corrected chi connectivity index (χ2v) is 5.71. The molecule has 130 valence electrons. The number of aromatic nitrogens is 2. The monoisotopic (exact) mass is 346 g/mol. The number of hydrogen-bond acceptors (Lipinski definition) is 5. The Bertz CT molecular complexity index is 891. The summed E-state index contributed by atoms with van der Waals surface area (Å²) in [7, 11) is 0. The number of carbonyl (C=O) groups excluding carboxylic acids is 2. The Morgan fingerprint density at radius 1 is 0.923 bits per heavy atom. The summed E-state index contributed by atoms with van der Waals surface area (Å²) in [6.45, 7) is 2.13. The van der Waals surface area contributed by atoms with Crippen LogP contribution in [0.5, 0.6) is 0 Å². The maximum atomic E-state index is 12.2. The Hall–Kier alpha value is -3.54. The highest BCUT2D eigenvalue weighted by atomic mass is 16.2. The van der Waals surface area contributed by atoms with Crippen LogP contribution in [0.25, 0.3) is 0 Å². The van der Waals surface area contributed by atoms with Crippen LogP contribution < -0.4 is 10.6 Å². The van der Waals surface area contributed by atoms with Crippen LogP contribution >= 0.6 is 0 Å². The number of carbonyl (C=O) groups is 2. The van der Waals surface area contributed by atoms with E-state index in [9.17, 15) is 9.59 Å². The molecule has 0 spiro atoms. The van der Waals surface area contributed by atoms with E-state index in [-0.39, 0.29) is 17.4 Å². The fraction of sp³-hybridized carbons (Fsp3) is 0.100. The first-order chi connectivity index (χ1) is 12.6. The molecular formula is C20H18N4O2. The minimum Gasteiger partial charge on any atom is -0.365 e. The van der Waals surface area contributed by atoms with E-state index in [4.69, 9.17) is 0 Å². The van der Waals surface area contributed by atoms with Gasteiger partial charge >= 0.3 is 0 Å². The van der Waals surface area contributed by atoms with Crippen molar-refractivity contribution in [1.82, 2.24) is 9.97 Å². The number of nitrogens with zero attached hydrogens (tertiary/aromatic N) is 2. The molecule has 0 aliphatic heterocycles. The lowest BCUT2D eigenvalue weighted by Crippen LogP contribution is -2.14. The summed E-state index contributed by atoms with van der Waals surface area (Å²) in [4.78, 5) is 31.8. The van der Waals surface area contributed by atoms with Gasteiger partial charge in [0, 0.05) is 17.8 Å². The molecule has 0 saturated heterocycles. The highest BCUT2D eigenvalue weighted by molar-refractivity contribution is 6.03. The van der Waals surface area contributed by atoms with Crippen LogP contribution in [0.1, 0.15) is 33.3 Å². The SMILES string of the molecule is CC(=O)c1ccc(NC(=O)c2cnc(NCc3ccccc3)cn2)cc1. The zero-order chi connectivity index (χ0) is 18.4. The number of benzene rings is 2. The van der Waals surface area contributed by atoms with Crippen LogP contribution in [-0.4, -0.2) is 21.7 Å². The Morgan fingerprint density at radius 2 is 1.65 bits per heavy atom. The number of ketones is 1. The van der Waals surface area contributed by atoms with Crippen molar-refractivity contribution >= 4 is 23.2 Å². The van der Waals surface area contributed by atoms with Gasteiger partial charge in [-0.2, -0.15) is 0 Å². The maximum absolute atomic E-state index is 12.2. The average Bonchev–Trinajstić information content (AvgIpc) is 2.68. The van der Waals surface area contributed by atoms with E-state index < -0.39 is 0 Å². The van der Waals surface area contributed by atoms with E-state index in [1.165, 1.54) is 19.3 Å². The van der Waals surface area contributed by atoms with Crippen molar-refractivity contribution < 1.29 is 9.59 Å². The van der Waals surface area contributed by atoms with Crippen LogP contribution in [0.15, 0.2) is 67.0 Å². The first-order valence-electron chi connectivity index (χ1n) is 8.14. The molecule has 3 aromatic rings. The first kappa shape index (κ1) is 17.3. The fourth-order valence-electron chi connectivity index (χ4n) is 2.31. The highest BCUT2D eigenvalue weighted by Gasteiger charge is 2.09. The van der Waals surface area contributed by atoms with Gasteiger partial charge in [-0.15, -0.1) is 0 Å². The van der Waals surface area contributed by atoms with Crippen LogP contribution in [0.3, 0.4) is 0 Å². The fourth-order valence-corrected chi connectivity index (χ4v) is 2.31. The van der Waals surface area contributed by atoms with E-state index in [0.717, 1.165) is 5.56 Å². The second kappa shape index (κ2) is 8.02. The van der Waals surface area contributed by atoms with Crippen molar-refractivity contribution in [1.29, 1.82) is 0 Å². The molecule has 6 heteroatoms. The molecule has 1 amide bonds. The number of amides is 1. The van der Waals surface area contributed by atoms with Crippen LogP contribution in [0, 0.1) is 0 Å². The lowest BCUT2D eigenvalue weighted by atomic mass is 10.1. The summed E-state index contributed by atoms with van der Waals surface area (Å²) in [5.74, 6) is 0.214. The third-order valence-electron chi connectivity index (χ3n) is 3.75. The molecule has 0 radical (unpaired) electrons. The molecule has 1 heterocycles. The summed E-state index contributed by atoms with van der Waals surface area (Å²) in [5.41, 5.74) is 2.53. The highest BCUT2D eigenvalue weighted by Crippen LogP contribution is 2.12. The van der Waals surface area contributed by atoms with Crippen molar-refractivity contribution in [3.63, 3.8) is 0 Å². The molecule has 0 fully saturated rings. The Morgan fingerprint density at radius 3 is 2.27 bits per heavy atom. The quantitative estimate of drug-likeness (QED) is 0.667. The zero-order valence-corrected chi connectivity index (χ0v) is 14.3. The van der Waals surface area contributed by atoms with E-state index in [1.54, 1.807) is 24.3 Å². The van der Waals surface area contributed by atoms with Crippen molar-refractivity contribution in [2.75, 3.05) is 10.6 Å². The molecule has 0 bridgehead atoms. The summed E-state index contributed by atoms with van der Waals surface area (Å²) in [6.07, 6.45) is 2.95. The van der Waals surface area contributed by atoms with Crippen molar-refractivity contribution in [3.05, 3.63) is 83.8 Å². The maximum Gasteiger partial charge on any atom is 0.275 e. The van der Waals surface area contributed by atoms with Gasteiger partial charge in [-0.25, -0.2) is 9.97 Å². The largest absolute Gasteiger partial charge is 0.365 e. The third-order valence-corrected chi connectivity index (χ3v) is 3.75. The number of rotatable bonds is 6. The molecule has 26 heavy (non-hydrogen) atoms. The van der Waals surface area contributed by atoms with Gasteiger partial charge in [0.05, 0.1) is 12.4 Å². The summed E-state index contributed by atoms with van der Waals surface area (Å²) in [5, 5.41) is 5.88. The van der Waals surface area contributed by atoms with Gasteiger partial charge in [0.2, 0.25) is 0 Å². The molecule has 3 rings (SSSR count). The van der Waals surface area contributed by atoms with Gasteiger partial charge in [-0.1, -0.05) is 30.3 Å². The molecule has 0 aliphatic carbocycles. The standard InChI is InChI=1S/C20H18N4O2/c1-14(25)16-7-9-17(10-8-16)24-20(26)18-12-23-19(13-21-18)22-11-15-5-3-2-4-6-15/h2-10,12-13H,11H2,1H3,(H,22,23)(H,24,26). The van der Waals surface area contributed by atoms with Crippen LogP contribution in [-0.2, 0) is 6.54 Å². The molecular weight excluding hydrogens is 328 g/mol. The Balaban J connectivity index is 1.58. The minimum absolute atomic E-state index is 0.0210. The van der Waals surface area contributed by atoms with Gasteiger partial charge in [-0.3, -0.25) is 9.59 Å². The lowest BCUT2D eigenvalue weighted by molar-refractivity contribution is 0.101. The first-order valence-corrected chi connectivity index (χ1v) is 8.14. The Kier molecular flexibility index (Phi) is 5.34. The molecule has 1 aromatic heterocycles. The molecule has 0 atom stereocenters. The van der Waals surface area contributed by atoms with Gasteiger partial charge in [0.1, 0.15) is 11.5 Å². The Labute approximate surface area is 151 Å². The predicted octanol–water partition coefficient (Wildman–Crippen LogP) is 3.54. The van der Waals surface area contributed by atoms with Crippen LogP contribution in [0.2, 0.25) is 0 Å². The van der Waals surface area contributed by atoms with Gasteiger partial charge < -0.3 is 10.6 Å². The second-order valence-electron chi connectivity index (χ2n) is 5.71. The minimum atomic E-state index is -0.359. The molecule has 0 unspecified atom stereocenters. The number of anilines is 2. The van der Waals surface area contributed by atoms with Crippen molar-refractivity contribution in [3.8, 4) is 0 Å². The van der Waals surface area contributed by atoms with E-state index >= 15 is 0 Å². The van der Waals surface area contributed by atoms with Crippen molar-refractivity contribution in [2.24, 2.45) is 0 Å². The summed E-state index contributed by atoms with van der Waals surface area (Å²) < 4.78 is 0. The van der Waals surface area contributed by atoms with E-state index in [2.05, 4.69) is 20.6 Å². The average molecular weight is 346 g/mol. The van der Waals surface area contributed by atoms with Gasteiger partial charge in [0.25, 0.3) is 5.91 Å². The predicted molar refractivity (Wildman–Crippen MR) is 100 cm³/mol. The summed E-state index contributed by atoms with van der Waals surface area (Å²) >= 11 is 0. The van der Waals surface area contributed by atoms with Gasteiger partial charge in [-0.05, 0) is 36.8 Å². The van der Waals surface area contributed by atoms with E-state index in [1.807, 2.05) is 30.3 Å². The molecule has 2 aromatic carbocycles. The normalized spacial score (nSPS) is 10.2. The molecule has 6 nitrogen and oxygen atoms in total. The smallest absolute Gasteiger partial charge is 0.275 e. The molecule has 0 saturated carbocycles. The molecule has 2 N–H and O–H groups in total. The zero-order valence-electron chi connectivity index (χ0n) is 14.3. The number of Topliss-reactive ketones (excluding diaryl/α,β-unsaturated/α-hetero) is 1. The number of nitrogens with one attached hydrogen (secondary N) is 2. The van der Waals surface area contributed by atoms with Gasteiger partial charge in [0.15, 0.2) is 5.78 Å². The topological polar surface area (TPSA) is 84.0 Å². The lowest BCUT2D eigenvalue weighted by Gasteiger charge is -2.07. The van der Waals surface area contributed by atoms with E-state index in [0.29, 0.717) is 23.6 Å². The van der Waals surface area contributed by atoms with Crippen molar-refractivity contribution in [2.45, 2.75) is 13.5 Å². The summed E-state index contributed by atoms with van der Waals surface area (Å²) in [6, 6.07) is 16.6.